The minimum Gasteiger partial charge on any atom is -0.464 e. The molecule has 1 aromatic heterocycles. The highest BCUT2D eigenvalue weighted by Crippen LogP contribution is 2.33. The average molecular weight is 467 g/mol. The van der Waals surface area contributed by atoms with Crippen molar-refractivity contribution in [2.75, 3.05) is 26.1 Å². The van der Waals surface area contributed by atoms with Crippen molar-refractivity contribution in [2.24, 2.45) is 0 Å². The number of halogens is 1. The SMILES string of the molecule is COC(=O)c1c(N)c(C2CCOCC2)nn1-c1ccc(CNC(=O)c2cc(F)ccc2C)cc1. The van der Waals surface area contributed by atoms with Gasteiger partial charge in [0.15, 0.2) is 5.69 Å². The number of methoxy groups -OCH3 is 1. The van der Waals surface area contributed by atoms with Gasteiger partial charge in [-0.05, 0) is 55.2 Å². The van der Waals surface area contributed by atoms with Crippen molar-refractivity contribution in [1.29, 1.82) is 0 Å². The number of aryl methyl sites for hydroxylation is 1. The van der Waals surface area contributed by atoms with Crippen LogP contribution in [-0.2, 0) is 16.0 Å². The molecular formula is C25H27FN4O4. The maximum atomic E-state index is 13.5. The Morgan fingerprint density at radius 1 is 1.21 bits per heavy atom. The third kappa shape index (κ3) is 4.79. The van der Waals surface area contributed by atoms with Crippen LogP contribution in [0.2, 0.25) is 0 Å². The number of anilines is 1. The molecule has 1 amide bonds. The number of aromatic nitrogens is 2. The highest BCUT2D eigenvalue weighted by atomic mass is 19.1. The lowest BCUT2D eigenvalue weighted by Crippen LogP contribution is -2.23. The molecule has 4 rings (SSSR count). The number of hydrogen-bond acceptors (Lipinski definition) is 6. The van der Waals surface area contributed by atoms with Gasteiger partial charge in [0.1, 0.15) is 5.82 Å². The Morgan fingerprint density at radius 3 is 2.59 bits per heavy atom. The molecule has 0 radical (unpaired) electrons. The van der Waals surface area contributed by atoms with Gasteiger partial charge in [0.25, 0.3) is 5.91 Å². The molecule has 1 fully saturated rings. The molecule has 1 aliphatic rings. The number of esters is 1. The number of nitrogens with two attached hydrogens (primary N) is 1. The van der Waals surface area contributed by atoms with Gasteiger partial charge in [-0.2, -0.15) is 5.10 Å². The first-order valence-electron chi connectivity index (χ1n) is 11.1. The largest absolute Gasteiger partial charge is 0.464 e. The van der Waals surface area contributed by atoms with Crippen LogP contribution in [0.4, 0.5) is 10.1 Å². The summed E-state index contributed by atoms with van der Waals surface area (Å²) < 4.78 is 25.4. The van der Waals surface area contributed by atoms with Crippen LogP contribution in [0, 0.1) is 12.7 Å². The van der Waals surface area contributed by atoms with E-state index in [1.165, 1.54) is 23.9 Å². The fourth-order valence-electron chi connectivity index (χ4n) is 4.07. The Morgan fingerprint density at radius 2 is 1.91 bits per heavy atom. The quantitative estimate of drug-likeness (QED) is 0.538. The Labute approximate surface area is 196 Å². The first-order chi connectivity index (χ1) is 16.4. The summed E-state index contributed by atoms with van der Waals surface area (Å²) in [6, 6.07) is 11.3. The van der Waals surface area contributed by atoms with Crippen molar-refractivity contribution in [3.05, 3.63) is 76.4 Å². The van der Waals surface area contributed by atoms with Gasteiger partial charge in [-0.1, -0.05) is 18.2 Å². The molecule has 0 unspecified atom stereocenters. The number of nitrogens with zero attached hydrogens (tertiary/aromatic N) is 2. The molecule has 178 valence electrons. The zero-order valence-electron chi connectivity index (χ0n) is 19.1. The lowest BCUT2D eigenvalue weighted by Gasteiger charge is -2.20. The molecule has 3 N–H and O–H groups in total. The fraction of sp³-hybridized carbons (Fsp3) is 0.320. The van der Waals surface area contributed by atoms with E-state index in [1.807, 2.05) is 12.1 Å². The van der Waals surface area contributed by atoms with E-state index in [4.69, 9.17) is 15.2 Å². The van der Waals surface area contributed by atoms with E-state index >= 15 is 0 Å². The number of amides is 1. The topological polar surface area (TPSA) is 108 Å². The number of ether oxygens (including phenoxy) is 2. The average Bonchev–Trinajstić information content (AvgIpc) is 3.21. The Kier molecular flexibility index (Phi) is 6.93. The Balaban J connectivity index is 1.54. The standard InChI is InChI=1S/C25H27FN4O4/c1-15-3-6-18(26)13-20(15)24(31)28-14-16-4-7-19(8-5-16)30-23(25(32)33-2)21(27)22(29-30)17-9-11-34-12-10-17/h3-8,13,17H,9-12,14,27H2,1-2H3,(H,28,31). The predicted molar refractivity (Wildman–Crippen MR) is 124 cm³/mol. The zero-order valence-corrected chi connectivity index (χ0v) is 19.1. The van der Waals surface area contributed by atoms with Crippen molar-refractivity contribution in [2.45, 2.75) is 32.2 Å². The summed E-state index contributed by atoms with van der Waals surface area (Å²) in [6.07, 6.45) is 1.57. The van der Waals surface area contributed by atoms with Crippen molar-refractivity contribution in [3.63, 3.8) is 0 Å². The molecule has 2 aromatic carbocycles. The lowest BCUT2D eigenvalue weighted by molar-refractivity contribution is 0.0591. The van der Waals surface area contributed by atoms with E-state index in [9.17, 15) is 14.0 Å². The summed E-state index contributed by atoms with van der Waals surface area (Å²) >= 11 is 0. The van der Waals surface area contributed by atoms with Crippen LogP contribution in [0.15, 0.2) is 42.5 Å². The molecule has 0 bridgehead atoms. The van der Waals surface area contributed by atoms with Gasteiger partial charge in [-0.3, -0.25) is 4.79 Å². The van der Waals surface area contributed by atoms with Gasteiger partial charge in [0, 0.05) is 31.2 Å². The number of carbonyl (C=O) groups is 2. The van der Waals surface area contributed by atoms with Crippen LogP contribution in [-0.4, -0.2) is 42.0 Å². The van der Waals surface area contributed by atoms with Crippen molar-refractivity contribution in [3.8, 4) is 5.69 Å². The Bertz CT molecular complexity index is 1200. The second-order valence-corrected chi connectivity index (χ2v) is 8.25. The van der Waals surface area contributed by atoms with Crippen molar-refractivity contribution < 1.29 is 23.5 Å². The van der Waals surface area contributed by atoms with Gasteiger partial charge < -0.3 is 20.5 Å². The summed E-state index contributed by atoms with van der Waals surface area (Å²) in [5.41, 5.74) is 9.98. The normalized spacial score (nSPS) is 14.1. The minimum absolute atomic E-state index is 0.110. The number of benzene rings is 2. The van der Waals surface area contributed by atoms with E-state index in [0.717, 1.165) is 18.4 Å². The zero-order chi connectivity index (χ0) is 24.2. The molecule has 2 heterocycles. The molecule has 0 spiro atoms. The lowest BCUT2D eigenvalue weighted by atomic mass is 9.95. The monoisotopic (exact) mass is 466 g/mol. The molecule has 0 aliphatic carbocycles. The van der Waals surface area contributed by atoms with Crippen LogP contribution < -0.4 is 11.1 Å². The molecule has 0 atom stereocenters. The number of nitrogens with one attached hydrogen (secondary N) is 1. The maximum absolute atomic E-state index is 13.5. The van der Waals surface area contributed by atoms with Crippen LogP contribution >= 0.6 is 0 Å². The van der Waals surface area contributed by atoms with Crippen LogP contribution in [0.1, 0.15) is 56.4 Å². The smallest absolute Gasteiger partial charge is 0.358 e. The molecule has 0 saturated carbocycles. The predicted octanol–water partition coefficient (Wildman–Crippen LogP) is 3.51. The molecule has 1 saturated heterocycles. The van der Waals surface area contributed by atoms with Gasteiger partial charge in [-0.25, -0.2) is 13.9 Å². The minimum atomic E-state index is -0.565. The van der Waals surface area contributed by atoms with Gasteiger partial charge >= 0.3 is 5.97 Å². The molecule has 3 aromatic rings. The first kappa shape index (κ1) is 23.4. The van der Waals surface area contributed by atoms with Crippen LogP contribution in [0.25, 0.3) is 5.69 Å². The van der Waals surface area contributed by atoms with E-state index in [1.54, 1.807) is 25.1 Å². The summed E-state index contributed by atoms with van der Waals surface area (Å²) in [6.45, 7) is 3.26. The van der Waals surface area contributed by atoms with Gasteiger partial charge in [0.2, 0.25) is 0 Å². The van der Waals surface area contributed by atoms with Crippen LogP contribution in [0.5, 0.6) is 0 Å². The highest BCUT2D eigenvalue weighted by molar-refractivity contribution is 5.95. The number of hydrogen-bond donors (Lipinski definition) is 2. The highest BCUT2D eigenvalue weighted by Gasteiger charge is 2.29. The molecule has 8 nitrogen and oxygen atoms in total. The van der Waals surface area contributed by atoms with Gasteiger partial charge in [0.05, 0.1) is 24.2 Å². The second-order valence-electron chi connectivity index (χ2n) is 8.25. The molecule has 9 heteroatoms. The van der Waals surface area contributed by atoms with Crippen LogP contribution in [0.3, 0.4) is 0 Å². The molecule has 1 aliphatic heterocycles. The first-order valence-corrected chi connectivity index (χ1v) is 11.1. The van der Waals surface area contributed by atoms with E-state index in [2.05, 4.69) is 10.4 Å². The fourth-order valence-corrected chi connectivity index (χ4v) is 4.07. The summed E-state index contributed by atoms with van der Waals surface area (Å²) in [7, 11) is 1.30. The second kappa shape index (κ2) is 10.0. The van der Waals surface area contributed by atoms with Gasteiger partial charge in [-0.15, -0.1) is 0 Å². The summed E-state index contributed by atoms with van der Waals surface area (Å²) in [5, 5.41) is 7.47. The number of nitrogen functional groups attached to an aromatic ring is 1. The third-order valence-electron chi connectivity index (χ3n) is 6.02. The number of rotatable bonds is 6. The summed E-state index contributed by atoms with van der Waals surface area (Å²) in [5.74, 6) is -1.26. The van der Waals surface area contributed by atoms with E-state index < -0.39 is 11.8 Å². The molecular weight excluding hydrogens is 439 g/mol. The Hall–Kier alpha value is -3.72. The number of carbonyl (C=O) groups excluding carboxylic acids is 2. The van der Waals surface area contributed by atoms with Crippen molar-refractivity contribution >= 4 is 17.6 Å². The van der Waals surface area contributed by atoms with E-state index in [-0.39, 0.29) is 24.1 Å². The van der Waals surface area contributed by atoms with Crippen molar-refractivity contribution in [1.82, 2.24) is 15.1 Å². The van der Waals surface area contributed by atoms with E-state index in [0.29, 0.717) is 41.4 Å². The molecule has 34 heavy (non-hydrogen) atoms. The maximum Gasteiger partial charge on any atom is 0.358 e. The summed E-state index contributed by atoms with van der Waals surface area (Å²) in [4.78, 5) is 24.9. The third-order valence-corrected chi connectivity index (χ3v) is 6.02.